The molecule has 0 fully saturated rings. The Morgan fingerprint density at radius 3 is 2.37 bits per heavy atom. The van der Waals surface area contributed by atoms with Crippen molar-refractivity contribution in [2.75, 3.05) is 0 Å². The standard InChI is InChI=1S/C19H13Cl2N3O2S/c1-12-17(18-15(20)11-22-19(21)23-18)14-9-5-6-10-16(14)24(12)27(25,26)13-7-3-2-4-8-13/h2-11H,1H3. The van der Waals surface area contributed by atoms with Crippen molar-refractivity contribution < 1.29 is 8.42 Å². The summed E-state index contributed by atoms with van der Waals surface area (Å²) in [5, 5.41) is 1.05. The first kappa shape index (κ1) is 18.0. The maximum atomic E-state index is 13.3. The number of nitrogens with zero attached hydrogens (tertiary/aromatic N) is 3. The molecule has 2 aromatic carbocycles. The van der Waals surface area contributed by atoms with Gasteiger partial charge in [0.15, 0.2) is 0 Å². The highest BCUT2D eigenvalue weighted by atomic mass is 35.5. The summed E-state index contributed by atoms with van der Waals surface area (Å²) in [4.78, 5) is 8.31. The van der Waals surface area contributed by atoms with E-state index in [0.29, 0.717) is 32.9 Å². The highest BCUT2D eigenvalue weighted by Crippen LogP contribution is 2.38. The predicted octanol–water partition coefficient (Wildman–Crippen LogP) is 4.95. The second-order valence-corrected chi connectivity index (χ2v) is 8.43. The molecule has 0 bridgehead atoms. The summed E-state index contributed by atoms with van der Waals surface area (Å²) in [7, 11) is -3.81. The van der Waals surface area contributed by atoms with E-state index >= 15 is 0 Å². The minimum absolute atomic E-state index is 0.0385. The van der Waals surface area contributed by atoms with E-state index in [4.69, 9.17) is 23.2 Å². The molecule has 0 radical (unpaired) electrons. The van der Waals surface area contributed by atoms with Crippen molar-refractivity contribution in [3.8, 4) is 11.3 Å². The molecular weight excluding hydrogens is 405 g/mol. The molecular formula is C19H13Cl2N3O2S. The maximum absolute atomic E-state index is 13.3. The van der Waals surface area contributed by atoms with E-state index < -0.39 is 10.0 Å². The van der Waals surface area contributed by atoms with Gasteiger partial charge in [-0.05, 0) is 36.7 Å². The van der Waals surface area contributed by atoms with Crippen molar-refractivity contribution in [3.05, 3.63) is 76.8 Å². The van der Waals surface area contributed by atoms with Crippen LogP contribution in [0.5, 0.6) is 0 Å². The van der Waals surface area contributed by atoms with Crippen molar-refractivity contribution in [1.29, 1.82) is 0 Å². The largest absolute Gasteiger partial charge is 0.268 e. The van der Waals surface area contributed by atoms with E-state index in [0.717, 1.165) is 0 Å². The lowest BCUT2D eigenvalue weighted by atomic mass is 10.1. The molecule has 0 N–H and O–H groups in total. The number of hydrogen-bond acceptors (Lipinski definition) is 4. The van der Waals surface area contributed by atoms with Gasteiger partial charge in [0.05, 0.1) is 27.3 Å². The Kier molecular flexibility index (Phi) is 4.42. The summed E-state index contributed by atoms with van der Waals surface area (Å²) in [5.74, 6) is 0. The van der Waals surface area contributed by atoms with Gasteiger partial charge < -0.3 is 0 Å². The average Bonchev–Trinajstić information content (AvgIpc) is 2.97. The van der Waals surface area contributed by atoms with E-state index in [9.17, 15) is 8.42 Å². The van der Waals surface area contributed by atoms with Crippen LogP contribution in [0, 0.1) is 6.92 Å². The van der Waals surface area contributed by atoms with Crippen LogP contribution in [-0.4, -0.2) is 22.4 Å². The third-order valence-corrected chi connectivity index (χ3v) is 6.57. The first-order valence-corrected chi connectivity index (χ1v) is 10.2. The van der Waals surface area contributed by atoms with Crippen LogP contribution in [-0.2, 0) is 10.0 Å². The summed E-state index contributed by atoms with van der Waals surface area (Å²) in [6, 6.07) is 15.5. The fraction of sp³-hybridized carbons (Fsp3) is 0.0526. The van der Waals surface area contributed by atoms with E-state index in [1.165, 1.54) is 10.2 Å². The molecule has 136 valence electrons. The van der Waals surface area contributed by atoms with Crippen molar-refractivity contribution >= 4 is 44.1 Å². The van der Waals surface area contributed by atoms with Gasteiger partial charge in [0, 0.05) is 16.6 Å². The molecule has 0 aliphatic carbocycles. The molecule has 0 unspecified atom stereocenters. The van der Waals surface area contributed by atoms with Crippen LogP contribution < -0.4 is 0 Å². The van der Waals surface area contributed by atoms with E-state index in [1.54, 1.807) is 49.4 Å². The summed E-state index contributed by atoms with van der Waals surface area (Å²) < 4.78 is 28.0. The van der Waals surface area contributed by atoms with Crippen LogP contribution in [0.15, 0.2) is 65.7 Å². The minimum atomic E-state index is -3.81. The van der Waals surface area contributed by atoms with Crippen LogP contribution in [0.2, 0.25) is 10.3 Å². The molecule has 0 aliphatic rings. The number of fused-ring (bicyclic) bond motifs is 1. The fourth-order valence-electron chi connectivity index (χ4n) is 3.17. The Balaban J connectivity index is 2.11. The second-order valence-electron chi connectivity index (χ2n) is 5.90. The van der Waals surface area contributed by atoms with Crippen molar-refractivity contribution in [1.82, 2.24) is 13.9 Å². The molecule has 4 rings (SSSR count). The summed E-state index contributed by atoms with van der Waals surface area (Å²) >= 11 is 12.3. The van der Waals surface area contributed by atoms with Gasteiger partial charge >= 0.3 is 0 Å². The Labute approximate surface area is 166 Å². The molecule has 2 heterocycles. The molecule has 0 saturated carbocycles. The normalized spacial score (nSPS) is 11.8. The van der Waals surface area contributed by atoms with Gasteiger partial charge in [-0.25, -0.2) is 22.4 Å². The number of rotatable bonds is 3. The van der Waals surface area contributed by atoms with Crippen LogP contribution in [0.1, 0.15) is 5.69 Å². The first-order valence-electron chi connectivity index (χ1n) is 8.00. The van der Waals surface area contributed by atoms with Gasteiger partial charge in [0.2, 0.25) is 5.28 Å². The molecule has 8 heteroatoms. The zero-order valence-corrected chi connectivity index (χ0v) is 16.4. The zero-order valence-electron chi connectivity index (χ0n) is 14.1. The Bertz CT molecular complexity index is 1270. The highest BCUT2D eigenvalue weighted by Gasteiger charge is 2.26. The molecule has 5 nitrogen and oxygen atoms in total. The Morgan fingerprint density at radius 2 is 1.63 bits per heavy atom. The zero-order chi connectivity index (χ0) is 19.2. The van der Waals surface area contributed by atoms with E-state index in [-0.39, 0.29) is 10.2 Å². The van der Waals surface area contributed by atoms with Gasteiger partial charge in [0.1, 0.15) is 0 Å². The molecule has 27 heavy (non-hydrogen) atoms. The Morgan fingerprint density at radius 1 is 0.963 bits per heavy atom. The lowest BCUT2D eigenvalue weighted by molar-refractivity contribution is 0.588. The predicted molar refractivity (Wildman–Crippen MR) is 107 cm³/mol. The van der Waals surface area contributed by atoms with Crippen LogP contribution in [0.25, 0.3) is 22.2 Å². The third-order valence-electron chi connectivity index (χ3n) is 4.29. The summed E-state index contributed by atoms with van der Waals surface area (Å²) in [5.41, 5.74) is 2.04. The van der Waals surface area contributed by atoms with Gasteiger partial charge in [-0.2, -0.15) is 0 Å². The van der Waals surface area contributed by atoms with Gasteiger partial charge in [-0.3, -0.25) is 0 Å². The Hall–Kier alpha value is -2.41. The summed E-state index contributed by atoms with van der Waals surface area (Å²) in [6.45, 7) is 1.72. The van der Waals surface area contributed by atoms with Gasteiger partial charge in [-0.15, -0.1) is 0 Å². The van der Waals surface area contributed by atoms with Crippen LogP contribution in [0.4, 0.5) is 0 Å². The monoisotopic (exact) mass is 417 g/mol. The fourth-order valence-corrected chi connectivity index (χ4v) is 5.07. The highest BCUT2D eigenvalue weighted by molar-refractivity contribution is 7.90. The smallest absolute Gasteiger partial charge is 0.238 e. The maximum Gasteiger partial charge on any atom is 0.268 e. The van der Waals surface area contributed by atoms with Crippen molar-refractivity contribution in [2.24, 2.45) is 0 Å². The van der Waals surface area contributed by atoms with Gasteiger partial charge in [0.25, 0.3) is 10.0 Å². The molecule has 0 amide bonds. The molecule has 2 aromatic heterocycles. The minimum Gasteiger partial charge on any atom is -0.238 e. The number of halogens is 2. The van der Waals surface area contributed by atoms with Crippen molar-refractivity contribution in [3.63, 3.8) is 0 Å². The molecule has 4 aromatic rings. The lowest BCUT2D eigenvalue weighted by Crippen LogP contribution is -2.14. The average molecular weight is 418 g/mol. The number of hydrogen-bond donors (Lipinski definition) is 0. The lowest BCUT2D eigenvalue weighted by Gasteiger charge is -2.10. The number of para-hydroxylation sites is 1. The van der Waals surface area contributed by atoms with Crippen molar-refractivity contribution in [2.45, 2.75) is 11.8 Å². The molecule has 0 spiro atoms. The molecule has 0 saturated heterocycles. The van der Waals surface area contributed by atoms with Crippen LogP contribution >= 0.6 is 23.2 Å². The molecule has 0 atom stereocenters. The number of aromatic nitrogens is 3. The topological polar surface area (TPSA) is 64.8 Å². The number of benzene rings is 2. The summed E-state index contributed by atoms with van der Waals surface area (Å²) in [6.07, 6.45) is 1.41. The second kappa shape index (κ2) is 6.64. The quantitative estimate of drug-likeness (QED) is 0.442. The third kappa shape index (κ3) is 2.90. The molecule has 0 aliphatic heterocycles. The van der Waals surface area contributed by atoms with E-state index in [2.05, 4.69) is 9.97 Å². The SMILES string of the molecule is Cc1c(-c2nc(Cl)ncc2Cl)c2ccccc2n1S(=O)(=O)c1ccccc1. The van der Waals surface area contributed by atoms with Gasteiger partial charge in [-0.1, -0.05) is 48.0 Å². The first-order chi connectivity index (χ1) is 12.9. The van der Waals surface area contributed by atoms with Crippen LogP contribution in [0.3, 0.4) is 0 Å². The van der Waals surface area contributed by atoms with E-state index in [1.807, 2.05) is 12.1 Å².